The van der Waals surface area contributed by atoms with Gasteiger partial charge in [0.25, 0.3) is 0 Å². The van der Waals surface area contributed by atoms with E-state index in [1.54, 1.807) is 31.4 Å². The van der Waals surface area contributed by atoms with Gasteiger partial charge in [-0.15, -0.1) is 0 Å². The summed E-state index contributed by atoms with van der Waals surface area (Å²) in [4.78, 5) is 11.5. The number of esters is 1. The van der Waals surface area contributed by atoms with E-state index in [4.69, 9.17) is 25.8 Å². The average molecular weight is 259 g/mol. The molecule has 0 aromatic heterocycles. The van der Waals surface area contributed by atoms with Crippen LogP contribution in [0.25, 0.3) is 0 Å². The van der Waals surface area contributed by atoms with Crippen molar-refractivity contribution in [2.24, 2.45) is 0 Å². The van der Waals surface area contributed by atoms with Crippen LogP contribution in [-0.4, -0.2) is 39.5 Å². The average Bonchev–Trinajstić information content (AvgIpc) is 2.34. The summed E-state index contributed by atoms with van der Waals surface area (Å²) in [6.45, 7) is 1.62. The molecule has 0 spiro atoms. The number of ether oxygens (including phenoxy) is 3. The number of halogens is 1. The van der Waals surface area contributed by atoms with Crippen molar-refractivity contribution < 1.29 is 19.0 Å². The summed E-state index contributed by atoms with van der Waals surface area (Å²) in [7, 11) is 1.60. The molecule has 5 heteroatoms. The fraction of sp³-hybridized carbons (Fsp3) is 0.417. The van der Waals surface area contributed by atoms with Gasteiger partial charge in [0.15, 0.2) is 0 Å². The molecule has 0 N–H and O–H groups in total. The molecular weight excluding hydrogens is 244 g/mol. The van der Waals surface area contributed by atoms with E-state index in [0.717, 1.165) is 0 Å². The van der Waals surface area contributed by atoms with Gasteiger partial charge in [0, 0.05) is 12.1 Å². The number of hydrogen-bond donors (Lipinski definition) is 0. The third-order valence-electron chi connectivity index (χ3n) is 1.97. The van der Waals surface area contributed by atoms with Crippen LogP contribution in [-0.2, 0) is 14.2 Å². The van der Waals surface area contributed by atoms with Gasteiger partial charge in [0.2, 0.25) is 0 Å². The third kappa shape index (κ3) is 5.68. The van der Waals surface area contributed by atoms with Crippen LogP contribution >= 0.6 is 11.6 Å². The topological polar surface area (TPSA) is 44.8 Å². The molecule has 0 unspecified atom stereocenters. The van der Waals surface area contributed by atoms with Gasteiger partial charge < -0.3 is 14.2 Å². The lowest BCUT2D eigenvalue weighted by Crippen LogP contribution is -2.12. The SMILES string of the molecule is COCCOCCOC(=O)c1ccc(Cl)cc1. The van der Waals surface area contributed by atoms with Gasteiger partial charge in [0.1, 0.15) is 6.61 Å². The van der Waals surface area contributed by atoms with Crippen molar-refractivity contribution in [3.63, 3.8) is 0 Å². The van der Waals surface area contributed by atoms with Crippen LogP contribution in [0, 0.1) is 0 Å². The molecule has 0 aliphatic carbocycles. The molecule has 0 amide bonds. The van der Waals surface area contributed by atoms with Gasteiger partial charge in [-0.1, -0.05) is 11.6 Å². The monoisotopic (exact) mass is 258 g/mol. The van der Waals surface area contributed by atoms with Gasteiger partial charge in [0.05, 0.1) is 25.4 Å². The Balaban J connectivity index is 2.19. The Labute approximate surface area is 105 Å². The summed E-state index contributed by atoms with van der Waals surface area (Å²) < 4.78 is 15.0. The number of carbonyl (C=O) groups excluding carboxylic acids is 1. The summed E-state index contributed by atoms with van der Waals surface area (Å²) >= 11 is 5.71. The molecule has 0 radical (unpaired) electrons. The Kier molecular flexibility index (Phi) is 6.62. The first-order valence-electron chi connectivity index (χ1n) is 5.23. The molecule has 1 aromatic rings. The van der Waals surface area contributed by atoms with Gasteiger partial charge >= 0.3 is 5.97 Å². The minimum Gasteiger partial charge on any atom is -0.460 e. The van der Waals surface area contributed by atoms with Crippen molar-refractivity contribution >= 4 is 17.6 Å². The van der Waals surface area contributed by atoms with Crippen LogP contribution in [0.3, 0.4) is 0 Å². The Hall–Kier alpha value is -1.10. The molecule has 17 heavy (non-hydrogen) atoms. The molecule has 0 atom stereocenters. The van der Waals surface area contributed by atoms with Crippen molar-refractivity contribution in [2.75, 3.05) is 33.5 Å². The first-order valence-corrected chi connectivity index (χ1v) is 5.61. The first kappa shape index (κ1) is 14.0. The van der Waals surface area contributed by atoms with Crippen LogP contribution in [0.4, 0.5) is 0 Å². The summed E-state index contributed by atoms with van der Waals surface area (Å²) in [6, 6.07) is 6.54. The number of hydrogen-bond acceptors (Lipinski definition) is 4. The quantitative estimate of drug-likeness (QED) is 0.555. The zero-order valence-electron chi connectivity index (χ0n) is 9.65. The summed E-state index contributed by atoms with van der Waals surface area (Å²) in [5.41, 5.74) is 0.478. The van der Waals surface area contributed by atoms with Crippen LogP contribution < -0.4 is 0 Å². The van der Waals surface area contributed by atoms with E-state index in [1.807, 2.05) is 0 Å². The zero-order valence-corrected chi connectivity index (χ0v) is 10.4. The van der Waals surface area contributed by atoms with Crippen LogP contribution in [0.5, 0.6) is 0 Å². The molecule has 0 aliphatic heterocycles. The maximum absolute atomic E-state index is 11.5. The highest BCUT2D eigenvalue weighted by molar-refractivity contribution is 6.30. The van der Waals surface area contributed by atoms with E-state index >= 15 is 0 Å². The van der Waals surface area contributed by atoms with Crippen LogP contribution in [0.2, 0.25) is 5.02 Å². The van der Waals surface area contributed by atoms with E-state index in [0.29, 0.717) is 30.4 Å². The second-order valence-corrected chi connectivity index (χ2v) is 3.68. The highest BCUT2D eigenvalue weighted by Gasteiger charge is 2.05. The molecule has 0 bridgehead atoms. The predicted molar refractivity (Wildman–Crippen MR) is 64.4 cm³/mol. The van der Waals surface area contributed by atoms with E-state index in [1.165, 1.54) is 0 Å². The predicted octanol–water partition coefficient (Wildman–Crippen LogP) is 2.16. The van der Waals surface area contributed by atoms with Crippen molar-refractivity contribution in [1.82, 2.24) is 0 Å². The molecule has 1 aromatic carbocycles. The Morgan fingerprint density at radius 3 is 2.41 bits per heavy atom. The Bertz CT molecular complexity index is 337. The van der Waals surface area contributed by atoms with E-state index in [9.17, 15) is 4.79 Å². The van der Waals surface area contributed by atoms with Crippen LogP contribution in [0.15, 0.2) is 24.3 Å². The van der Waals surface area contributed by atoms with Gasteiger partial charge in [-0.25, -0.2) is 4.79 Å². The molecular formula is C12H15ClO4. The smallest absolute Gasteiger partial charge is 0.338 e. The molecule has 0 aliphatic rings. The van der Waals surface area contributed by atoms with Crippen molar-refractivity contribution in [3.05, 3.63) is 34.9 Å². The Morgan fingerprint density at radius 2 is 1.76 bits per heavy atom. The molecule has 0 fully saturated rings. The van der Waals surface area contributed by atoms with Gasteiger partial charge in [-0.3, -0.25) is 0 Å². The largest absolute Gasteiger partial charge is 0.460 e. The molecule has 0 saturated heterocycles. The van der Waals surface area contributed by atoms with E-state index in [2.05, 4.69) is 0 Å². The number of methoxy groups -OCH3 is 1. The normalized spacial score (nSPS) is 10.2. The molecule has 94 valence electrons. The number of benzene rings is 1. The van der Waals surface area contributed by atoms with Gasteiger partial charge in [-0.05, 0) is 24.3 Å². The standard InChI is InChI=1S/C12H15ClO4/c1-15-6-7-16-8-9-17-12(14)10-2-4-11(13)5-3-10/h2-5H,6-9H2,1H3. The number of carbonyl (C=O) groups is 1. The van der Waals surface area contributed by atoms with E-state index < -0.39 is 0 Å². The third-order valence-corrected chi connectivity index (χ3v) is 2.22. The lowest BCUT2D eigenvalue weighted by molar-refractivity contribution is 0.0214. The van der Waals surface area contributed by atoms with Gasteiger partial charge in [-0.2, -0.15) is 0 Å². The van der Waals surface area contributed by atoms with Crippen molar-refractivity contribution in [2.45, 2.75) is 0 Å². The van der Waals surface area contributed by atoms with E-state index in [-0.39, 0.29) is 12.6 Å². The second-order valence-electron chi connectivity index (χ2n) is 3.25. The highest BCUT2D eigenvalue weighted by Crippen LogP contribution is 2.10. The highest BCUT2D eigenvalue weighted by atomic mass is 35.5. The lowest BCUT2D eigenvalue weighted by atomic mass is 10.2. The molecule has 0 heterocycles. The number of rotatable bonds is 7. The fourth-order valence-electron chi connectivity index (χ4n) is 1.11. The summed E-state index contributed by atoms with van der Waals surface area (Å²) in [5, 5.41) is 0.587. The van der Waals surface area contributed by atoms with Crippen molar-refractivity contribution in [1.29, 1.82) is 0 Å². The summed E-state index contributed by atoms with van der Waals surface area (Å²) in [6.07, 6.45) is 0. The molecule has 1 rings (SSSR count). The zero-order chi connectivity index (χ0) is 12.5. The van der Waals surface area contributed by atoms with Crippen molar-refractivity contribution in [3.8, 4) is 0 Å². The minimum atomic E-state index is -0.378. The maximum Gasteiger partial charge on any atom is 0.338 e. The first-order chi connectivity index (χ1) is 8.24. The molecule has 4 nitrogen and oxygen atoms in total. The van der Waals surface area contributed by atoms with Crippen LogP contribution in [0.1, 0.15) is 10.4 Å². The summed E-state index contributed by atoms with van der Waals surface area (Å²) in [5.74, 6) is -0.378. The second kappa shape index (κ2) is 8.06. The Morgan fingerprint density at radius 1 is 1.12 bits per heavy atom. The molecule has 0 saturated carbocycles. The lowest BCUT2D eigenvalue weighted by Gasteiger charge is -2.05. The fourth-order valence-corrected chi connectivity index (χ4v) is 1.23. The maximum atomic E-state index is 11.5. The minimum absolute atomic E-state index is 0.227.